The summed E-state index contributed by atoms with van der Waals surface area (Å²) in [7, 11) is 1.56. The maximum atomic E-state index is 13.8. The van der Waals surface area contributed by atoms with Gasteiger partial charge in [-0.2, -0.15) is 0 Å². The zero-order chi connectivity index (χ0) is 22.2. The van der Waals surface area contributed by atoms with Crippen molar-refractivity contribution < 1.29 is 23.5 Å². The number of carbonyl (C=O) groups excluding carboxylic acids is 2. The molecule has 0 aliphatic rings. The van der Waals surface area contributed by atoms with Crippen LogP contribution in [0.3, 0.4) is 0 Å². The molecule has 0 fully saturated rings. The summed E-state index contributed by atoms with van der Waals surface area (Å²) >= 11 is 0. The Balaban J connectivity index is 1.82. The minimum atomic E-state index is -0.877. The lowest BCUT2D eigenvalue weighted by Crippen LogP contribution is -2.29. The van der Waals surface area contributed by atoms with Crippen molar-refractivity contribution in [2.75, 3.05) is 7.11 Å². The van der Waals surface area contributed by atoms with Gasteiger partial charge in [0.05, 0.1) is 25.3 Å². The molecule has 2 aromatic carbocycles. The first-order chi connectivity index (χ1) is 15.0. The van der Waals surface area contributed by atoms with Gasteiger partial charge >= 0.3 is 5.97 Å². The molecule has 0 aliphatic heterocycles. The van der Waals surface area contributed by atoms with Crippen molar-refractivity contribution >= 4 is 11.9 Å². The number of amides is 1. The number of nitrogens with zero attached hydrogens (tertiary/aromatic N) is 1. The molecule has 2 atom stereocenters. The number of pyridine rings is 1. The van der Waals surface area contributed by atoms with Crippen LogP contribution in [0.1, 0.15) is 42.3 Å². The molecule has 1 aromatic heterocycles. The second-order valence-electron chi connectivity index (χ2n) is 6.91. The minimum Gasteiger partial charge on any atom is -0.497 e. The van der Waals surface area contributed by atoms with Crippen LogP contribution >= 0.6 is 0 Å². The molecule has 1 N–H and O–H groups in total. The van der Waals surface area contributed by atoms with E-state index in [1.165, 1.54) is 19.1 Å². The lowest BCUT2D eigenvalue weighted by atomic mass is 10.0. The Morgan fingerprint density at radius 2 is 1.81 bits per heavy atom. The zero-order valence-electron chi connectivity index (χ0n) is 17.2. The highest BCUT2D eigenvalue weighted by atomic mass is 19.1. The number of esters is 1. The van der Waals surface area contributed by atoms with E-state index in [9.17, 15) is 14.0 Å². The second kappa shape index (κ2) is 10.3. The third-order valence-corrected chi connectivity index (χ3v) is 4.62. The molecule has 0 aliphatic carbocycles. The fraction of sp³-hybridized carbons (Fsp3) is 0.208. The lowest BCUT2D eigenvalue weighted by Gasteiger charge is -2.21. The Morgan fingerprint density at radius 1 is 1.03 bits per heavy atom. The van der Waals surface area contributed by atoms with Crippen molar-refractivity contribution in [2.45, 2.75) is 25.5 Å². The third kappa shape index (κ3) is 6.12. The van der Waals surface area contributed by atoms with Crippen molar-refractivity contribution in [1.82, 2.24) is 10.3 Å². The quantitative estimate of drug-likeness (QED) is 0.553. The summed E-state index contributed by atoms with van der Waals surface area (Å²) in [4.78, 5) is 28.8. The summed E-state index contributed by atoms with van der Waals surface area (Å²) < 4.78 is 24.7. The van der Waals surface area contributed by atoms with Gasteiger partial charge in [-0.1, -0.05) is 30.3 Å². The molecule has 0 bridgehead atoms. The average molecular weight is 422 g/mol. The first kappa shape index (κ1) is 22.0. The van der Waals surface area contributed by atoms with E-state index in [2.05, 4.69) is 10.3 Å². The van der Waals surface area contributed by atoms with E-state index in [1.807, 2.05) is 0 Å². The van der Waals surface area contributed by atoms with E-state index in [4.69, 9.17) is 9.47 Å². The van der Waals surface area contributed by atoms with Crippen LogP contribution in [0, 0.1) is 5.82 Å². The van der Waals surface area contributed by atoms with E-state index in [0.29, 0.717) is 17.0 Å². The van der Waals surface area contributed by atoms with Crippen LogP contribution in [0.15, 0.2) is 72.9 Å². The molecular formula is C24H23FN2O4. The topological polar surface area (TPSA) is 77.5 Å². The smallest absolute Gasteiger partial charge is 0.309 e. The number of benzene rings is 2. The maximum absolute atomic E-state index is 13.8. The van der Waals surface area contributed by atoms with Gasteiger partial charge in [-0.3, -0.25) is 14.6 Å². The van der Waals surface area contributed by atoms with Gasteiger partial charge in [0.25, 0.3) is 0 Å². The number of hydrogen-bond donors (Lipinski definition) is 1. The summed E-state index contributed by atoms with van der Waals surface area (Å²) in [6.07, 6.45) is 0.593. The molecule has 0 saturated heterocycles. The van der Waals surface area contributed by atoms with Crippen molar-refractivity contribution in [2.24, 2.45) is 0 Å². The molecule has 0 spiro atoms. The Kier molecular flexibility index (Phi) is 7.32. The number of aromatic nitrogens is 1. The fourth-order valence-corrected chi connectivity index (χ4v) is 3.18. The van der Waals surface area contributed by atoms with E-state index >= 15 is 0 Å². The van der Waals surface area contributed by atoms with Crippen LogP contribution in [0.5, 0.6) is 5.75 Å². The molecule has 3 aromatic rings. The molecular weight excluding hydrogens is 399 g/mol. The predicted molar refractivity (Wildman–Crippen MR) is 113 cm³/mol. The first-order valence-electron chi connectivity index (χ1n) is 9.73. The number of nitrogens with one attached hydrogen (secondary N) is 1. The number of halogens is 1. The first-order valence-corrected chi connectivity index (χ1v) is 9.73. The number of rotatable bonds is 8. The molecule has 1 heterocycles. The van der Waals surface area contributed by atoms with Crippen LogP contribution in [-0.2, 0) is 14.3 Å². The van der Waals surface area contributed by atoms with Crippen LogP contribution in [0.25, 0.3) is 0 Å². The Labute approximate surface area is 180 Å². The van der Waals surface area contributed by atoms with Crippen LogP contribution in [-0.4, -0.2) is 24.0 Å². The Morgan fingerprint density at radius 3 is 2.42 bits per heavy atom. The van der Waals surface area contributed by atoms with Crippen molar-refractivity contribution in [1.29, 1.82) is 0 Å². The van der Waals surface area contributed by atoms with Gasteiger partial charge in [0, 0.05) is 18.7 Å². The van der Waals surface area contributed by atoms with E-state index in [0.717, 1.165) is 5.56 Å². The summed E-state index contributed by atoms with van der Waals surface area (Å²) in [6.45, 7) is 1.38. The predicted octanol–water partition coefficient (Wildman–Crippen LogP) is 4.13. The SMILES string of the molecule is COc1ccc(C(CC(=O)OC(c2cccc(F)c2)c2ccccn2)NC(C)=O)cc1. The monoisotopic (exact) mass is 422 g/mol. The molecule has 6 nitrogen and oxygen atoms in total. The largest absolute Gasteiger partial charge is 0.497 e. The lowest BCUT2D eigenvalue weighted by molar-refractivity contribution is -0.148. The minimum absolute atomic E-state index is 0.107. The number of hydrogen-bond acceptors (Lipinski definition) is 5. The molecule has 3 rings (SSSR count). The van der Waals surface area contributed by atoms with Crippen LogP contribution in [0.4, 0.5) is 4.39 Å². The maximum Gasteiger partial charge on any atom is 0.309 e. The van der Waals surface area contributed by atoms with E-state index < -0.39 is 23.9 Å². The number of ether oxygens (including phenoxy) is 2. The van der Waals surface area contributed by atoms with E-state index in [-0.39, 0.29) is 12.3 Å². The highest BCUT2D eigenvalue weighted by Gasteiger charge is 2.24. The van der Waals surface area contributed by atoms with E-state index in [1.54, 1.807) is 67.9 Å². The van der Waals surface area contributed by atoms with Gasteiger partial charge < -0.3 is 14.8 Å². The van der Waals surface area contributed by atoms with Gasteiger partial charge in [-0.05, 0) is 42.0 Å². The van der Waals surface area contributed by atoms with Crippen LogP contribution in [0.2, 0.25) is 0 Å². The highest BCUT2D eigenvalue weighted by Crippen LogP contribution is 2.27. The second-order valence-corrected chi connectivity index (χ2v) is 6.91. The molecule has 1 amide bonds. The number of methoxy groups -OCH3 is 1. The molecule has 2 unspecified atom stereocenters. The molecule has 0 saturated carbocycles. The van der Waals surface area contributed by atoms with Gasteiger partial charge in [0.2, 0.25) is 5.91 Å². The standard InChI is InChI=1S/C24H23FN2O4/c1-16(28)27-22(17-9-11-20(30-2)12-10-17)15-23(29)31-24(21-8-3-4-13-26-21)18-6-5-7-19(25)14-18/h3-14,22,24H,15H2,1-2H3,(H,27,28). The third-order valence-electron chi connectivity index (χ3n) is 4.62. The highest BCUT2D eigenvalue weighted by molar-refractivity contribution is 5.76. The fourth-order valence-electron chi connectivity index (χ4n) is 3.18. The summed E-state index contributed by atoms with van der Waals surface area (Å²) in [5.41, 5.74) is 1.67. The normalized spacial score (nSPS) is 12.5. The van der Waals surface area contributed by atoms with Crippen molar-refractivity contribution in [3.05, 3.63) is 95.6 Å². The Bertz CT molecular complexity index is 1030. The van der Waals surface area contributed by atoms with Crippen LogP contribution < -0.4 is 10.1 Å². The van der Waals surface area contributed by atoms with Gasteiger partial charge in [-0.15, -0.1) is 0 Å². The Hall–Kier alpha value is -3.74. The average Bonchev–Trinajstić information content (AvgIpc) is 2.77. The number of carbonyl (C=O) groups is 2. The molecule has 7 heteroatoms. The molecule has 31 heavy (non-hydrogen) atoms. The zero-order valence-corrected chi connectivity index (χ0v) is 17.2. The molecule has 0 radical (unpaired) electrons. The summed E-state index contributed by atoms with van der Waals surface area (Å²) in [5, 5.41) is 2.77. The van der Waals surface area contributed by atoms with Crippen molar-refractivity contribution in [3.8, 4) is 5.75 Å². The molecule has 160 valence electrons. The van der Waals surface area contributed by atoms with Gasteiger partial charge in [-0.25, -0.2) is 4.39 Å². The van der Waals surface area contributed by atoms with Gasteiger partial charge in [0.15, 0.2) is 6.10 Å². The summed E-state index contributed by atoms with van der Waals surface area (Å²) in [5.74, 6) is -0.618. The van der Waals surface area contributed by atoms with Crippen molar-refractivity contribution in [3.63, 3.8) is 0 Å². The van der Waals surface area contributed by atoms with Gasteiger partial charge in [0.1, 0.15) is 11.6 Å². The summed E-state index contributed by atoms with van der Waals surface area (Å²) in [6, 6.07) is 17.5.